The Bertz CT molecular complexity index is 1460. The lowest BCUT2D eigenvalue weighted by Crippen LogP contribution is -2.22. The second-order valence-corrected chi connectivity index (χ2v) is 7.17. The van der Waals surface area contributed by atoms with Crippen LogP contribution >= 0.6 is 0 Å². The molecule has 0 unspecified atom stereocenters. The first kappa shape index (κ1) is 19.5. The number of imidazole rings is 1. The molecule has 0 aliphatic heterocycles. The number of anilines is 1. The number of fused-ring (bicyclic) bond motifs is 1. The molecule has 0 radical (unpaired) electrons. The van der Waals surface area contributed by atoms with E-state index in [0.29, 0.717) is 34.8 Å². The summed E-state index contributed by atoms with van der Waals surface area (Å²) in [7, 11) is 0. The molecule has 158 valence electrons. The Hall–Kier alpha value is -4.43. The predicted octanol–water partition coefficient (Wildman–Crippen LogP) is 3.40. The van der Waals surface area contributed by atoms with Crippen LogP contribution in [0.3, 0.4) is 0 Å². The van der Waals surface area contributed by atoms with Crippen molar-refractivity contribution < 1.29 is 4.74 Å². The normalized spacial score (nSPS) is 11.0. The van der Waals surface area contributed by atoms with Gasteiger partial charge < -0.3 is 16.2 Å². The van der Waals surface area contributed by atoms with E-state index in [1.54, 1.807) is 24.3 Å². The number of aromatic nitrogens is 4. The zero-order valence-corrected chi connectivity index (χ0v) is 17.1. The number of nitrogens with zero attached hydrogens (tertiary/aromatic N) is 4. The SMILES string of the molecule is NCc1cccc(-n2c(=O)n(-c3ccc(Oc4ccccc4)cc3)c3c(N)ncnc32)c1. The Labute approximate surface area is 183 Å². The number of hydrogen-bond acceptors (Lipinski definition) is 6. The third-order valence-electron chi connectivity index (χ3n) is 5.13. The van der Waals surface area contributed by atoms with Crippen LogP contribution in [0.2, 0.25) is 0 Å². The van der Waals surface area contributed by atoms with Gasteiger partial charge in [0, 0.05) is 6.54 Å². The molecule has 0 atom stereocenters. The van der Waals surface area contributed by atoms with Crippen molar-refractivity contribution in [1.82, 2.24) is 19.1 Å². The van der Waals surface area contributed by atoms with Gasteiger partial charge in [0.1, 0.15) is 23.3 Å². The van der Waals surface area contributed by atoms with Crippen LogP contribution in [0.5, 0.6) is 11.5 Å². The van der Waals surface area contributed by atoms with Crippen molar-refractivity contribution in [3.63, 3.8) is 0 Å². The summed E-state index contributed by atoms with van der Waals surface area (Å²) in [6.07, 6.45) is 1.35. The number of nitrogen functional groups attached to an aromatic ring is 1. The standard InChI is InChI=1S/C24H20N6O2/c25-14-16-5-4-6-18(13-16)30-23-21(22(26)27-15-28-23)29(24(30)31)17-9-11-20(12-10-17)32-19-7-2-1-3-8-19/h1-13,15H,14,25H2,(H2,26,27,28). The number of benzene rings is 3. The van der Waals surface area contributed by atoms with E-state index in [0.717, 1.165) is 11.3 Å². The topological polar surface area (TPSA) is 114 Å². The molecule has 0 amide bonds. The Kier molecular flexibility index (Phi) is 4.89. The highest BCUT2D eigenvalue weighted by molar-refractivity contribution is 5.85. The molecule has 8 heteroatoms. The van der Waals surface area contributed by atoms with Gasteiger partial charge >= 0.3 is 5.69 Å². The van der Waals surface area contributed by atoms with Crippen molar-refractivity contribution in [1.29, 1.82) is 0 Å². The van der Waals surface area contributed by atoms with Crippen LogP contribution in [0.15, 0.2) is 90.0 Å². The number of hydrogen-bond donors (Lipinski definition) is 2. The number of para-hydroxylation sites is 1. The minimum absolute atomic E-state index is 0.213. The molecule has 5 rings (SSSR count). The summed E-state index contributed by atoms with van der Waals surface area (Å²) in [5.41, 5.74) is 14.7. The first-order chi connectivity index (χ1) is 15.7. The van der Waals surface area contributed by atoms with Crippen molar-refractivity contribution >= 4 is 17.0 Å². The molecule has 0 fully saturated rings. The lowest BCUT2D eigenvalue weighted by Gasteiger charge is -2.08. The highest BCUT2D eigenvalue weighted by atomic mass is 16.5. The zero-order chi connectivity index (χ0) is 22.1. The van der Waals surface area contributed by atoms with E-state index in [4.69, 9.17) is 16.2 Å². The quantitative estimate of drug-likeness (QED) is 0.447. The largest absolute Gasteiger partial charge is 0.457 e. The van der Waals surface area contributed by atoms with Crippen molar-refractivity contribution in [2.24, 2.45) is 5.73 Å². The van der Waals surface area contributed by atoms with Crippen LogP contribution < -0.4 is 21.9 Å². The van der Waals surface area contributed by atoms with Crippen LogP contribution in [0.25, 0.3) is 22.5 Å². The molecule has 0 aliphatic carbocycles. The van der Waals surface area contributed by atoms with E-state index in [2.05, 4.69) is 9.97 Å². The number of rotatable bonds is 5. The van der Waals surface area contributed by atoms with Crippen LogP contribution in [-0.4, -0.2) is 19.1 Å². The maximum absolute atomic E-state index is 13.6. The van der Waals surface area contributed by atoms with Gasteiger partial charge in [-0.25, -0.2) is 19.3 Å². The molecule has 8 nitrogen and oxygen atoms in total. The van der Waals surface area contributed by atoms with Gasteiger partial charge in [-0.15, -0.1) is 0 Å². The van der Waals surface area contributed by atoms with Crippen LogP contribution in [0, 0.1) is 0 Å². The van der Waals surface area contributed by atoms with Gasteiger partial charge in [-0.1, -0.05) is 30.3 Å². The second-order valence-electron chi connectivity index (χ2n) is 7.17. The van der Waals surface area contributed by atoms with Gasteiger partial charge in [0.15, 0.2) is 11.5 Å². The monoisotopic (exact) mass is 424 g/mol. The summed E-state index contributed by atoms with van der Waals surface area (Å²) in [6, 6.07) is 24.1. The molecular formula is C24H20N6O2. The third kappa shape index (κ3) is 3.38. The molecule has 2 heterocycles. The Morgan fingerprint density at radius 3 is 2.31 bits per heavy atom. The van der Waals surface area contributed by atoms with Gasteiger partial charge in [0.2, 0.25) is 0 Å². The summed E-state index contributed by atoms with van der Waals surface area (Å²) < 4.78 is 8.88. The van der Waals surface area contributed by atoms with E-state index in [1.165, 1.54) is 15.5 Å². The summed E-state index contributed by atoms with van der Waals surface area (Å²) in [4.78, 5) is 22.0. The summed E-state index contributed by atoms with van der Waals surface area (Å²) in [5, 5.41) is 0. The molecule has 32 heavy (non-hydrogen) atoms. The lowest BCUT2D eigenvalue weighted by atomic mass is 10.2. The number of ether oxygens (including phenoxy) is 1. The zero-order valence-electron chi connectivity index (χ0n) is 17.1. The Balaban J connectivity index is 1.65. The molecular weight excluding hydrogens is 404 g/mol. The molecule has 2 aromatic heterocycles. The van der Waals surface area contributed by atoms with E-state index in [9.17, 15) is 4.79 Å². The summed E-state index contributed by atoms with van der Waals surface area (Å²) in [6.45, 7) is 0.362. The molecule has 0 spiro atoms. The maximum atomic E-state index is 13.6. The first-order valence-electron chi connectivity index (χ1n) is 10.0. The average molecular weight is 424 g/mol. The van der Waals surface area contributed by atoms with Gasteiger partial charge in [-0.2, -0.15) is 0 Å². The predicted molar refractivity (Wildman–Crippen MR) is 123 cm³/mol. The van der Waals surface area contributed by atoms with Crippen LogP contribution in [-0.2, 0) is 6.54 Å². The second kappa shape index (κ2) is 8.01. The highest BCUT2D eigenvalue weighted by Crippen LogP contribution is 2.26. The van der Waals surface area contributed by atoms with Crippen LogP contribution in [0.4, 0.5) is 5.82 Å². The van der Waals surface area contributed by atoms with Gasteiger partial charge in [0.05, 0.1) is 11.4 Å². The lowest BCUT2D eigenvalue weighted by molar-refractivity contribution is 0.482. The molecule has 0 aliphatic rings. The number of nitrogens with two attached hydrogens (primary N) is 2. The Morgan fingerprint density at radius 1 is 0.812 bits per heavy atom. The molecule has 4 N–H and O–H groups in total. The minimum Gasteiger partial charge on any atom is -0.457 e. The Morgan fingerprint density at radius 2 is 1.56 bits per heavy atom. The molecule has 3 aromatic carbocycles. The molecule has 5 aromatic rings. The first-order valence-corrected chi connectivity index (χ1v) is 10.0. The highest BCUT2D eigenvalue weighted by Gasteiger charge is 2.20. The smallest absolute Gasteiger partial charge is 0.339 e. The van der Waals surface area contributed by atoms with Crippen LogP contribution in [0.1, 0.15) is 5.56 Å². The van der Waals surface area contributed by atoms with Crippen molar-refractivity contribution in [2.75, 3.05) is 5.73 Å². The summed E-state index contributed by atoms with van der Waals surface area (Å²) >= 11 is 0. The van der Waals surface area contributed by atoms with Gasteiger partial charge in [0.25, 0.3) is 0 Å². The van der Waals surface area contributed by atoms with E-state index in [1.807, 2.05) is 54.6 Å². The van der Waals surface area contributed by atoms with Gasteiger partial charge in [-0.05, 0) is 54.1 Å². The van der Waals surface area contributed by atoms with E-state index < -0.39 is 0 Å². The van der Waals surface area contributed by atoms with Crippen molar-refractivity contribution in [2.45, 2.75) is 6.54 Å². The van der Waals surface area contributed by atoms with Crippen molar-refractivity contribution in [3.8, 4) is 22.9 Å². The molecule has 0 saturated carbocycles. The summed E-state index contributed by atoms with van der Waals surface area (Å²) in [5.74, 6) is 1.59. The maximum Gasteiger partial charge on any atom is 0.339 e. The van der Waals surface area contributed by atoms with Crippen molar-refractivity contribution in [3.05, 3.63) is 101 Å². The molecule has 0 saturated heterocycles. The third-order valence-corrected chi connectivity index (χ3v) is 5.13. The fourth-order valence-corrected chi connectivity index (χ4v) is 3.63. The fourth-order valence-electron chi connectivity index (χ4n) is 3.63. The fraction of sp³-hybridized carbons (Fsp3) is 0.0417. The van der Waals surface area contributed by atoms with Gasteiger partial charge in [-0.3, -0.25) is 4.57 Å². The van der Waals surface area contributed by atoms with E-state index in [-0.39, 0.29) is 11.5 Å². The van der Waals surface area contributed by atoms with E-state index >= 15 is 0 Å². The minimum atomic E-state index is -0.307. The average Bonchev–Trinajstić information content (AvgIpc) is 3.13. The molecule has 0 bridgehead atoms.